The molecule has 68 valence electrons. The summed E-state index contributed by atoms with van der Waals surface area (Å²) < 4.78 is 0. The normalized spacial score (nSPS) is 15.2. The van der Waals surface area contributed by atoms with Gasteiger partial charge < -0.3 is 5.32 Å². The molecule has 0 radical (unpaired) electrons. The van der Waals surface area contributed by atoms with Crippen LogP contribution in [0.4, 0.5) is 11.6 Å². The van der Waals surface area contributed by atoms with E-state index >= 15 is 0 Å². The van der Waals surface area contributed by atoms with Gasteiger partial charge in [-0.25, -0.2) is 9.97 Å². The third kappa shape index (κ3) is 1.22. The van der Waals surface area contributed by atoms with E-state index < -0.39 is 0 Å². The van der Waals surface area contributed by atoms with Gasteiger partial charge in [0.2, 0.25) is 5.91 Å². The molecule has 0 aromatic carbocycles. The SMILES string of the molecule is CCN1C(=O)CNc2nccnc21. The standard InChI is InChI=1S/C8H10N4O/c1-2-12-6(13)5-11-7-8(12)10-4-3-9-7/h3-4H,2,5H2,1H3,(H,9,11). The first-order chi connectivity index (χ1) is 6.33. The van der Waals surface area contributed by atoms with Crippen LogP contribution in [0.3, 0.4) is 0 Å². The Balaban J connectivity index is 2.45. The van der Waals surface area contributed by atoms with Crippen molar-refractivity contribution in [2.75, 3.05) is 23.3 Å². The highest BCUT2D eigenvalue weighted by Gasteiger charge is 2.23. The summed E-state index contributed by atoms with van der Waals surface area (Å²) in [7, 11) is 0. The molecule has 1 aromatic rings. The molecule has 5 heteroatoms. The third-order valence-electron chi connectivity index (χ3n) is 1.96. The zero-order valence-corrected chi connectivity index (χ0v) is 7.32. The minimum atomic E-state index is 0.0375. The highest BCUT2D eigenvalue weighted by atomic mass is 16.2. The third-order valence-corrected chi connectivity index (χ3v) is 1.96. The first kappa shape index (κ1) is 7.97. The largest absolute Gasteiger partial charge is 0.358 e. The lowest BCUT2D eigenvalue weighted by atomic mass is 10.3. The van der Waals surface area contributed by atoms with Crippen molar-refractivity contribution in [2.24, 2.45) is 0 Å². The van der Waals surface area contributed by atoms with Gasteiger partial charge in [0.25, 0.3) is 0 Å². The number of hydrogen-bond acceptors (Lipinski definition) is 4. The number of anilines is 2. The number of fused-ring (bicyclic) bond motifs is 1. The van der Waals surface area contributed by atoms with Gasteiger partial charge in [0.05, 0.1) is 6.54 Å². The molecule has 0 saturated heterocycles. The summed E-state index contributed by atoms with van der Waals surface area (Å²) in [5.74, 6) is 1.35. The second kappa shape index (κ2) is 3.01. The molecule has 2 rings (SSSR count). The van der Waals surface area contributed by atoms with E-state index in [2.05, 4.69) is 15.3 Å². The average Bonchev–Trinajstić information content (AvgIpc) is 2.18. The molecular weight excluding hydrogens is 168 g/mol. The van der Waals surface area contributed by atoms with Gasteiger partial charge in [-0.3, -0.25) is 9.69 Å². The molecule has 1 N–H and O–H groups in total. The zero-order valence-electron chi connectivity index (χ0n) is 7.32. The van der Waals surface area contributed by atoms with Crippen LogP contribution in [0.15, 0.2) is 12.4 Å². The quantitative estimate of drug-likeness (QED) is 0.670. The molecule has 0 atom stereocenters. The van der Waals surface area contributed by atoms with E-state index in [9.17, 15) is 4.79 Å². The van der Waals surface area contributed by atoms with Gasteiger partial charge >= 0.3 is 0 Å². The van der Waals surface area contributed by atoms with Crippen LogP contribution in [0.5, 0.6) is 0 Å². The molecular formula is C8H10N4O. The smallest absolute Gasteiger partial charge is 0.247 e. The number of likely N-dealkylation sites (N-methyl/N-ethyl adjacent to an activating group) is 1. The number of aromatic nitrogens is 2. The number of nitrogens with zero attached hydrogens (tertiary/aromatic N) is 3. The molecule has 0 saturated carbocycles. The van der Waals surface area contributed by atoms with Crippen LogP contribution >= 0.6 is 0 Å². The van der Waals surface area contributed by atoms with Gasteiger partial charge in [0, 0.05) is 18.9 Å². The van der Waals surface area contributed by atoms with Crippen LogP contribution in [-0.2, 0) is 4.79 Å². The van der Waals surface area contributed by atoms with E-state index in [0.29, 0.717) is 24.7 Å². The van der Waals surface area contributed by atoms with Crippen molar-refractivity contribution in [1.29, 1.82) is 0 Å². The Labute approximate surface area is 75.8 Å². The lowest BCUT2D eigenvalue weighted by Crippen LogP contribution is -2.40. The molecule has 1 aromatic heterocycles. The Hall–Kier alpha value is -1.65. The summed E-state index contributed by atoms with van der Waals surface area (Å²) in [6, 6.07) is 0. The van der Waals surface area contributed by atoms with E-state index in [0.717, 1.165) is 0 Å². The molecule has 0 aliphatic carbocycles. The maximum absolute atomic E-state index is 11.4. The zero-order chi connectivity index (χ0) is 9.26. The lowest BCUT2D eigenvalue weighted by Gasteiger charge is -2.26. The number of amides is 1. The second-order valence-electron chi connectivity index (χ2n) is 2.72. The van der Waals surface area contributed by atoms with Gasteiger partial charge in [-0.2, -0.15) is 0 Å². The Bertz CT molecular complexity index is 339. The van der Waals surface area contributed by atoms with Crippen LogP contribution < -0.4 is 10.2 Å². The Morgan fingerprint density at radius 1 is 1.54 bits per heavy atom. The molecule has 0 fully saturated rings. The van der Waals surface area contributed by atoms with Crippen LogP contribution in [-0.4, -0.2) is 29.0 Å². The van der Waals surface area contributed by atoms with Crippen molar-refractivity contribution >= 4 is 17.5 Å². The summed E-state index contributed by atoms with van der Waals surface area (Å²) in [5.41, 5.74) is 0. The number of nitrogens with one attached hydrogen (secondary N) is 1. The first-order valence-electron chi connectivity index (χ1n) is 4.18. The Kier molecular flexibility index (Phi) is 1.84. The van der Waals surface area contributed by atoms with Crippen LogP contribution in [0.2, 0.25) is 0 Å². The fourth-order valence-electron chi connectivity index (χ4n) is 1.35. The second-order valence-corrected chi connectivity index (χ2v) is 2.72. The predicted octanol–water partition coefficient (Wildman–Crippen LogP) is 0.255. The topological polar surface area (TPSA) is 58.1 Å². The van der Waals surface area contributed by atoms with Crippen molar-refractivity contribution in [3.05, 3.63) is 12.4 Å². The summed E-state index contributed by atoms with van der Waals surface area (Å²) in [4.78, 5) is 21.2. The summed E-state index contributed by atoms with van der Waals surface area (Å²) in [6.45, 7) is 2.85. The first-order valence-corrected chi connectivity index (χ1v) is 4.18. The van der Waals surface area contributed by atoms with Gasteiger partial charge in [0.15, 0.2) is 11.6 Å². The van der Waals surface area contributed by atoms with Gasteiger partial charge in [-0.05, 0) is 6.92 Å². The minimum Gasteiger partial charge on any atom is -0.358 e. The maximum Gasteiger partial charge on any atom is 0.247 e. The van der Waals surface area contributed by atoms with Crippen LogP contribution in [0.1, 0.15) is 6.92 Å². The Morgan fingerprint density at radius 2 is 2.31 bits per heavy atom. The highest BCUT2D eigenvalue weighted by Crippen LogP contribution is 2.22. The molecule has 0 spiro atoms. The number of carbonyl (C=O) groups is 1. The van der Waals surface area contributed by atoms with Gasteiger partial charge in [0.1, 0.15) is 0 Å². The predicted molar refractivity (Wildman–Crippen MR) is 48.5 cm³/mol. The minimum absolute atomic E-state index is 0.0375. The molecule has 2 heterocycles. The van der Waals surface area contributed by atoms with Crippen molar-refractivity contribution < 1.29 is 4.79 Å². The monoisotopic (exact) mass is 178 g/mol. The van der Waals surface area contributed by atoms with E-state index in [4.69, 9.17) is 0 Å². The fraction of sp³-hybridized carbons (Fsp3) is 0.375. The van der Waals surface area contributed by atoms with Crippen molar-refractivity contribution in [2.45, 2.75) is 6.92 Å². The molecule has 0 bridgehead atoms. The average molecular weight is 178 g/mol. The fourth-order valence-corrected chi connectivity index (χ4v) is 1.35. The molecule has 0 unspecified atom stereocenters. The molecule has 13 heavy (non-hydrogen) atoms. The highest BCUT2D eigenvalue weighted by molar-refractivity contribution is 6.00. The number of hydrogen-bond donors (Lipinski definition) is 1. The summed E-state index contributed by atoms with van der Waals surface area (Å²) in [6.07, 6.45) is 3.19. The summed E-state index contributed by atoms with van der Waals surface area (Å²) in [5, 5.41) is 2.91. The van der Waals surface area contributed by atoms with Crippen molar-refractivity contribution in [3.8, 4) is 0 Å². The maximum atomic E-state index is 11.4. The van der Waals surface area contributed by atoms with Gasteiger partial charge in [-0.15, -0.1) is 0 Å². The van der Waals surface area contributed by atoms with Crippen LogP contribution in [0, 0.1) is 0 Å². The molecule has 1 aliphatic heterocycles. The van der Waals surface area contributed by atoms with Crippen LogP contribution in [0.25, 0.3) is 0 Å². The van der Waals surface area contributed by atoms with Crippen molar-refractivity contribution in [3.63, 3.8) is 0 Å². The molecule has 1 amide bonds. The van der Waals surface area contributed by atoms with Crippen molar-refractivity contribution in [1.82, 2.24) is 9.97 Å². The lowest BCUT2D eigenvalue weighted by molar-refractivity contribution is -0.117. The molecule has 1 aliphatic rings. The number of carbonyl (C=O) groups excluding carboxylic acids is 1. The van der Waals surface area contributed by atoms with E-state index in [-0.39, 0.29) is 5.91 Å². The van der Waals surface area contributed by atoms with E-state index in [1.165, 1.54) is 0 Å². The Morgan fingerprint density at radius 3 is 3.08 bits per heavy atom. The number of rotatable bonds is 1. The summed E-state index contributed by atoms with van der Waals surface area (Å²) >= 11 is 0. The molecule has 5 nitrogen and oxygen atoms in total. The van der Waals surface area contributed by atoms with E-state index in [1.54, 1.807) is 17.3 Å². The van der Waals surface area contributed by atoms with Gasteiger partial charge in [-0.1, -0.05) is 0 Å². The van der Waals surface area contributed by atoms with E-state index in [1.807, 2.05) is 6.92 Å².